The summed E-state index contributed by atoms with van der Waals surface area (Å²) < 4.78 is 24.7. The van der Waals surface area contributed by atoms with Gasteiger partial charge >= 0.3 is 0 Å². The van der Waals surface area contributed by atoms with Gasteiger partial charge in [-0.05, 0) is 12.5 Å². The summed E-state index contributed by atoms with van der Waals surface area (Å²) in [5, 5.41) is 0.783. The quantitative estimate of drug-likeness (QED) is 0.743. The molecule has 0 atom stereocenters. The Bertz CT molecular complexity index is 317. The van der Waals surface area contributed by atoms with Crippen LogP contribution in [0.25, 0.3) is 0 Å². The van der Waals surface area contributed by atoms with Crippen LogP contribution in [0.15, 0.2) is 6.20 Å². The van der Waals surface area contributed by atoms with Gasteiger partial charge in [0.15, 0.2) is 0 Å². The highest BCUT2D eigenvalue weighted by Gasteiger charge is 2.15. The average molecular weight is 271 g/mol. The number of nitrogens with zero attached hydrogens (tertiary/aromatic N) is 1. The summed E-state index contributed by atoms with van der Waals surface area (Å²) in [7, 11) is 0. The van der Waals surface area contributed by atoms with Crippen molar-refractivity contribution in [2.24, 2.45) is 0 Å². The molecule has 0 amide bonds. The van der Waals surface area contributed by atoms with E-state index in [2.05, 4.69) is 20.9 Å². The predicted molar refractivity (Wildman–Crippen MR) is 51.6 cm³/mol. The first-order valence-electron chi connectivity index (χ1n) is 3.56. The maximum absolute atomic E-state index is 12.3. The van der Waals surface area contributed by atoms with Crippen molar-refractivity contribution in [3.05, 3.63) is 28.0 Å². The third-order valence-corrected chi connectivity index (χ3v) is 2.77. The van der Waals surface area contributed by atoms with E-state index in [1.807, 2.05) is 0 Å². The van der Waals surface area contributed by atoms with Gasteiger partial charge < -0.3 is 0 Å². The van der Waals surface area contributed by atoms with Gasteiger partial charge in [-0.15, -0.1) is 0 Å². The Morgan fingerprint density at radius 1 is 1.62 bits per heavy atom. The number of aromatic nitrogens is 1. The van der Waals surface area contributed by atoms with Gasteiger partial charge in [0.2, 0.25) is 0 Å². The third kappa shape index (κ3) is 2.17. The maximum Gasteiger partial charge on any atom is 0.265 e. The van der Waals surface area contributed by atoms with Crippen LogP contribution in [0.3, 0.4) is 0 Å². The van der Waals surface area contributed by atoms with Crippen molar-refractivity contribution in [2.45, 2.75) is 18.7 Å². The molecule has 0 N–H and O–H groups in total. The zero-order valence-electron chi connectivity index (χ0n) is 6.82. The van der Waals surface area contributed by atoms with Crippen molar-refractivity contribution in [1.82, 2.24) is 4.98 Å². The van der Waals surface area contributed by atoms with E-state index in [0.717, 1.165) is 0 Å². The number of alkyl halides is 3. The minimum absolute atomic E-state index is 0.102. The Morgan fingerprint density at radius 3 is 2.69 bits per heavy atom. The van der Waals surface area contributed by atoms with E-state index in [4.69, 9.17) is 11.6 Å². The first-order chi connectivity index (χ1) is 6.07. The lowest BCUT2D eigenvalue weighted by molar-refractivity contribution is 0.150. The molecule has 0 spiro atoms. The van der Waals surface area contributed by atoms with Crippen LogP contribution in [0, 0.1) is 6.92 Å². The second kappa shape index (κ2) is 4.33. The summed E-state index contributed by atoms with van der Waals surface area (Å²) in [4.78, 5) is 3.82. The van der Waals surface area contributed by atoms with Crippen LogP contribution in [-0.2, 0) is 5.33 Å². The fourth-order valence-electron chi connectivity index (χ4n) is 0.957. The van der Waals surface area contributed by atoms with Crippen LogP contribution in [0.4, 0.5) is 8.78 Å². The zero-order valence-corrected chi connectivity index (χ0v) is 9.16. The number of rotatable bonds is 2. The van der Waals surface area contributed by atoms with Gasteiger partial charge in [0.25, 0.3) is 6.43 Å². The van der Waals surface area contributed by atoms with Gasteiger partial charge in [-0.3, -0.25) is 4.98 Å². The summed E-state index contributed by atoms with van der Waals surface area (Å²) in [5.74, 6) is 0. The van der Waals surface area contributed by atoms with Gasteiger partial charge in [-0.25, -0.2) is 8.78 Å². The first-order valence-corrected chi connectivity index (χ1v) is 5.05. The Kier molecular flexibility index (Phi) is 3.62. The SMILES string of the molecule is Cc1c(C(F)F)cnc(CBr)c1Cl. The van der Waals surface area contributed by atoms with E-state index in [1.54, 1.807) is 6.92 Å². The molecule has 1 rings (SSSR count). The largest absolute Gasteiger partial charge is 0.265 e. The molecule has 5 heteroatoms. The zero-order chi connectivity index (χ0) is 10.0. The summed E-state index contributed by atoms with van der Waals surface area (Å²) in [6.45, 7) is 1.57. The first kappa shape index (κ1) is 10.9. The maximum atomic E-state index is 12.3. The molecule has 72 valence electrons. The minimum atomic E-state index is -2.52. The highest BCUT2D eigenvalue weighted by Crippen LogP contribution is 2.29. The normalized spacial score (nSPS) is 10.9. The lowest BCUT2D eigenvalue weighted by Crippen LogP contribution is -1.96. The summed E-state index contributed by atoms with van der Waals surface area (Å²) in [6, 6.07) is 0. The van der Waals surface area contributed by atoms with Crippen molar-refractivity contribution in [2.75, 3.05) is 0 Å². The lowest BCUT2D eigenvalue weighted by Gasteiger charge is -2.08. The van der Waals surface area contributed by atoms with Gasteiger partial charge in [-0.1, -0.05) is 27.5 Å². The Morgan fingerprint density at radius 2 is 2.23 bits per heavy atom. The summed E-state index contributed by atoms with van der Waals surface area (Å²) in [5.41, 5.74) is 0.888. The molecule has 1 heterocycles. The Labute approximate surface area is 88.2 Å². The standard InChI is InChI=1S/C8H7BrClF2N/c1-4-5(8(11)12)3-13-6(2-9)7(4)10/h3,8H,2H2,1H3. The molecule has 0 aliphatic rings. The van der Waals surface area contributed by atoms with Crippen LogP contribution < -0.4 is 0 Å². The fourth-order valence-corrected chi connectivity index (χ4v) is 1.77. The molecule has 0 saturated carbocycles. The van der Waals surface area contributed by atoms with Crippen molar-refractivity contribution < 1.29 is 8.78 Å². The molecule has 0 aliphatic carbocycles. The second-order valence-corrected chi connectivity index (χ2v) is 3.47. The molecule has 13 heavy (non-hydrogen) atoms. The van der Waals surface area contributed by atoms with E-state index in [-0.39, 0.29) is 5.56 Å². The monoisotopic (exact) mass is 269 g/mol. The van der Waals surface area contributed by atoms with Crippen LogP contribution in [0.5, 0.6) is 0 Å². The van der Waals surface area contributed by atoms with Crippen LogP contribution >= 0.6 is 27.5 Å². The van der Waals surface area contributed by atoms with Crippen molar-refractivity contribution in [3.63, 3.8) is 0 Å². The van der Waals surface area contributed by atoms with Crippen molar-refractivity contribution in [3.8, 4) is 0 Å². The summed E-state index contributed by atoms with van der Waals surface area (Å²) >= 11 is 8.99. The van der Waals surface area contributed by atoms with Gasteiger partial charge in [0, 0.05) is 17.1 Å². The highest BCUT2D eigenvalue weighted by molar-refractivity contribution is 9.08. The molecule has 0 bridgehead atoms. The number of hydrogen-bond acceptors (Lipinski definition) is 1. The average Bonchev–Trinajstić information content (AvgIpc) is 2.09. The number of halogens is 4. The molecular weight excluding hydrogens is 263 g/mol. The van der Waals surface area contributed by atoms with E-state index < -0.39 is 6.43 Å². The van der Waals surface area contributed by atoms with Gasteiger partial charge in [0.1, 0.15) is 0 Å². The Hall–Kier alpha value is -0.220. The minimum Gasteiger partial charge on any atom is -0.258 e. The van der Waals surface area contributed by atoms with Crippen molar-refractivity contribution >= 4 is 27.5 Å². The second-order valence-electron chi connectivity index (χ2n) is 2.53. The van der Waals surface area contributed by atoms with E-state index >= 15 is 0 Å². The van der Waals surface area contributed by atoms with Crippen LogP contribution in [0.1, 0.15) is 23.2 Å². The topological polar surface area (TPSA) is 12.9 Å². The number of pyridine rings is 1. The highest BCUT2D eigenvalue weighted by atomic mass is 79.9. The van der Waals surface area contributed by atoms with E-state index in [0.29, 0.717) is 21.6 Å². The van der Waals surface area contributed by atoms with Crippen LogP contribution in [-0.4, -0.2) is 4.98 Å². The summed E-state index contributed by atoms with van der Waals surface area (Å²) in [6.07, 6.45) is -1.35. The molecule has 0 fully saturated rings. The molecule has 0 radical (unpaired) electrons. The molecule has 0 aromatic carbocycles. The smallest absolute Gasteiger partial charge is 0.258 e. The van der Waals surface area contributed by atoms with Gasteiger partial charge in [-0.2, -0.15) is 0 Å². The molecule has 1 aromatic rings. The van der Waals surface area contributed by atoms with Gasteiger partial charge in [0.05, 0.1) is 10.7 Å². The van der Waals surface area contributed by atoms with E-state index in [9.17, 15) is 8.78 Å². The molecular formula is C8H7BrClF2N. The van der Waals surface area contributed by atoms with Crippen LogP contribution in [0.2, 0.25) is 5.02 Å². The Balaban J connectivity index is 3.23. The van der Waals surface area contributed by atoms with Crippen molar-refractivity contribution in [1.29, 1.82) is 0 Å². The number of hydrogen-bond donors (Lipinski definition) is 0. The molecule has 0 saturated heterocycles. The third-order valence-electron chi connectivity index (χ3n) is 1.74. The predicted octanol–water partition coefficient (Wildman–Crippen LogP) is 3.88. The lowest BCUT2D eigenvalue weighted by atomic mass is 10.1. The molecule has 0 unspecified atom stereocenters. The molecule has 1 nitrogen and oxygen atoms in total. The molecule has 1 aromatic heterocycles. The fraction of sp³-hybridized carbons (Fsp3) is 0.375. The molecule has 0 aliphatic heterocycles. The van der Waals surface area contributed by atoms with E-state index in [1.165, 1.54) is 6.20 Å².